The van der Waals surface area contributed by atoms with Gasteiger partial charge in [0.05, 0.1) is 17.6 Å². The minimum Gasteiger partial charge on any atom is -0.494 e. The van der Waals surface area contributed by atoms with E-state index in [1.807, 2.05) is 31.2 Å². The average Bonchev–Trinajstić information content (AvgIpc) is 2.83. The van der Waals surface area contributed by atoms with E-state index in [2.05, 4.69) is 9.97 Å². The molecular formula is C15H12F2N2O. The van der Waals surface area contributed by atoms with Crippen LogP contribution < -0.4 is 4.74 Å². The molecule has 5 heteroatoms. The summed E-state index contributed by atoms with van der Waals surface area (Å²) in [6, 6.07) is 9.53. The molecule has 0 amide bonds. The Morgan fingerprint density at radius 2 is 1.80 bits per heavy atom. The van der Waals surface area contributed by atoms with E-state index in [0.717, 1.165) is 23.4 Å². The van der Waals surface area contributed by atoms with Crippen LogP contribution in [0.15, 0.2) is 36.4 Å². The van der Waals surface area contributed by atoms with Crippen molar-refractivity contribution in [3.63, 3.8) is 0 Å². The first kappa shape index (κ1) is 12.6. The van der Waals surface area contributed by atoms with E-state index in [1.54, 1.807) is 0 Å². The molecule has 3 rings (SSSR count). The van der Waals surface area contributed by atoms with E-state index in [9.17, 15) is 8.78 Å². The molecule has 0 unspecified atom stereocenters. The quantitative estimate of drug-likeness (QED) is 0.786. The van der Waals surface area contributed by atoms with Crippen molar-refractivity contribution in [1.29, 1.82) is 0 Å². The molecule has 3 nitrogen and oxygen atoms in total. The molecule has 0 aliphatic rings. The van der Waals surface area contributed by atoms with Gasteiger partial charge in [0.1, 0.15) is 11.6 Å². The lowest BCUT2D eigenvalue weighted by molar-refractivity contribution is 0.340. The Labute approximate surface area is 114 Å². The molecule has 0 radical (unpaired) electrons. The zero-order valence-electron chi connectivity index (χ0n) is 10.8. The Morgan fingerprint density at radius 3 is 2.50 bits per heavy atom. The van der Waals surface area contributed by atoms with Gasteiger partial charge in [0.15, 0.2) is 11.6 Å². The van der Waals surface area contributed by atoms with E-state index >= 15 is 0 Å². The van der Waals surface area contributed by atoms with Crippen LogP contribution in [0.4, 0.5) is 8.78 Å². The molecule has 1 N–H and O–H groups in total. The number of ether oxygens (including phenoxy) is 1. The molecular weight excluding hydrogens is 262 g/mol. The first-order chi connectivity index (χ1) is 9.67. The monoisotopic (exact) mass is 274 g/mol. The number of nitrogens with zero attached hydrogens (tertiary/aromatic N) is 1. The number of hydrogen-bond donors (Lipinski definition) is 1. The van der Waals surface area contributed by atoms with Crippen molar-refractivity contribution in [2.24, 2.45) is 0 Å². The molecule has 0 aliphatic heterocycles. The van der Waals surface area contributed by atoms with Crippen molar-refractivity contribution in [3.8, 4) is 17.1 Å². The molecule has 2 aromatic carbocycles. The second-order valence-electron chi connectivity index (χ2n) is 4.33. The second-order valence-corrected chi connectivity index (χ2v) is 4.33. The van der Waals surface area contributed by atoms with Gasteiger partial charge < -0.3 is 9.72 Å². The highest BCUT2D eigenvalue weighted by Crippen LogP contribution is 2.24. The van der Waals surface area contributed by atoms with Crippen LogP contribution in [0.1, 0.15) is 6.92 Å². The predicted octanol–water partition coefficient (Wildman–Crippen LogP) is 3.91. The van der Waals surface area contributed by atoms with Crippen LogP contribution in [0.25, 0.3) is 22.4 Å². The van der Waals surface area contributed by atoms with E-state index in [1.165, 1.54) is 0 Å². The lowest BCUT2D eigenvalue weighted by Gasteiger charge is -2.02. The van der Waals surface area contributed by atoms with E-state index in [4.69, 9.17) is 4.74 Å². The van der Waals surface area contributed by atoms with E-state index in [-0.39, 0.29) is 0 Å². The van der Waals surface area contributed by atoms with Crippen LogP contribution in [-0.4, -0.2) is 16.6 Å². The van der Waals surface area contributed by atoms with Crippen LogP contribution in [0.2, 0.25) is 0 Å². The fourth-order valence-electron chi connectivity index (χ4n) is 2.02. The first-order valence-corrected chi connectivity index (χ1v) is 6.25. The number of rotatable bonds is 3. The summed E-state index contributed by atoms with van der Waals surface area (Å²) in [4.78, 5) is 7.23. The summed E-state index contributed by atoms with van der Waals surface area (Å²) in [6.45, 7) is 2.51. The summed E-state index contributed by atoms with van der Waals surface area (Å²) in [5.41, 5.74) is 1.69. The SMILES string of the molecule is CCOc1ccc(-c2nc3cc(F)c(F)cc3[nH]2)cc1. The average molecular weight is 274 g/mol. The van der Waals surface area contributed by atoms with Gasteiger partial charge in [-0.05, 0) is 31.2 Å². The topological polar surface area (TPSA) is 37.9 Å². The van der Waals surface area contributed by atoms with Gasteiger partial charge in [-0.3, -0.25) is 0 Å². The second kappa shape index (κ2) is 4.92. The molecule has 0 atom stereocenters. The number of fused-ring (bicyclic) bond motifs is 1. The standard InChI is InChI=1S/C15H12F2N2O/c1-2-20-10-5-3-9(4-6-10)15-18-13-7-11(16)12(17)8-14(13)19-15/h3-8H,2H2,1H3,(H,18,19). The number of benzene rings is 2. The maximum Gasteiger partial charge on any atom is 0.161 e. The number of nitrogens with one attached hydrogen (secondary N) is 1. The van der Waals surface area contributed by atoms with Crippen LogP contribution >= 0.6 is 0 Å². The maximum atomic E-state index is 13.2. The van der Waals surface area contributed by atoms with Crippen molar-refractivity contribution in [1.82, 2.24) is 9.97 Å². The number of aromatic amines is 1. The number of halogens is 2. The van der Waals surface area contributed by atoms with E-state index in [0.29, 0.717) is 23.5 Å². The number of H-pyrrole nitrogens is 1. The summed E-state index contributed by atoms with van der Waals surface area (Å²) < 4.78 is 31.7. The molecule has 0 bridgehead atoms. The Hall–Kier alpha value is -2.43. The maximum absolute atomic E-state index is 13.2. The number of hydrogen-bond acceptors (Lipinski definition) is 2. The van der Waals surface area contributed by atoms with Gasteiger partial charge in [0.2, 0.25) is 0 Å². The zero-order valence-corrected chi connectivity index (χ0v) is 10.8. The third-order valence-electron chi connectivity index (χ3n) is 2.96. The van der Waals surface area contributed by atoms with Crippen LogP contribution in [0.5, 0.6) is 5.75 Å². The molecule has 102 valence electrons. The predicted molar refractivity (Wildman–Crippen MR) is 72.6 cm³/mol. The molecule has 0 aliphatic carbocycles. The van der Waals surface area contributed by atoms with Crippen molar-refractivity contribution < 1.29 is 13.5 Å². The highest BCUT2D eigenvalue weighted by atomic mass is 19.2. The fraction of sp³-hybridized carbons (Fsp3) is 0.133. The molecule has 3 aromatic rings. The van der Waals surface area contributed by atoms with Gasteiger partial charge in [-0.1, -0.05) is 0 Å². The zero-order chi connectivity index (χ0) is 14.1. The summed E-state index contributed by atoms with van der Waals surface area (Å²) in [5, 5.41) is 0. The molecule has 0 fully saturated rings. The van der Waals surface area contributed by atoms with E-state index < -0.39 is 11.6 Å². The number of imidazole rings is 1. The normalized spacial score (nSPS) is 10.9. The minimum atomic E-state index is -0.901. The summed E-state index contributed by atoms with van der Waals surface area (Å²) in [7, 11) is 0. The van der Waals surface area contributed by atoms with Crippen molar-refractivity contribution in [3.05, 3.63) is 48.0 Å². The molecule has 1 heterocycles. The lowest BCUT2D eigenvalue weighted by Crippen LogP contribution is -1.90. The fourth-order valence-corrected chi connectivity index (χ4v) is 2.02. The first-order valence-electron chi connectivity index (χ1n) is 6.25. The highest BCUT2D eigenvalue weighted by molar-refractivity contribution is 5.79. The molecule has 0 spiro atoms. The van der Waals surface area contributed by atoms with Crippen molar-refractivity contribution in [2.75, 3.05) is 6.61 Å². The van der Waals surface area contributed by atoms with Crippen LogP contribution in [-0.2, 0) is 0 Å². The lowest BCUT2D eigenvalue weighted by atomic mass is 10.2. The Morgan fingerprint density at radius 1 is 1.10 bits per heavy atom. The minimum absolute atomic E-state index is 0.396. The largest absolute Gasteiger partial charge is 0.494 e. The van der Waals surface area contributed by atoms with Crippen molar-refractivity contribution >= 4 is 11.0 Å². The smallest absolute Gasteiger partial charge is 0.161 e. The Bertz CT molecular complexity index is 711. The summed E-state index contributed by atoms with van der Waals surface area (Å²) >= 11 is 0. The molecule has 1 aromatic heterocycles. The van der Waals surface area contributed by atoms with Gasteiger partial charge in [-0.2, -0.15) is 0 Å². The van der Waals surface area contributed by atoms with Gasteiger partial charge in [0, 0.05) is 17.7 Å². The molecule has 0 saturated heterocycles. The van der Waals surface area contributed by atoms with Crippen molar-refractivity contribution in [2.45, 2.75) is 6.92 Å². The highest BCUT2D eigenvalue weighted by Gasteiger charge is 2.09. The van der Waals surface area contributed by atoms with Crippen LogP contribution in [0.3, 0.4) is 0 Å². The van der Waals surface area contributed by atoms with Crippen LogP contribution in [0, 0.1) is 11.6 Å². The molecule has 0 saturated carbocycles. The van der Waals surface area contributed by atoms with Gasteiger partial charge in [-0.15, -0.1) is 0 Å². The third-order valence-corrected chi connectivity index (χ3v) is 2.96. The summed E-state index contributed by atoms with van der Waals surface area (Å²) in [6.07, 6.45) is 0. The number of aromatic nitrogens is 2. The van der Waals surface area contributed by atoms with Gasteiger partial charge >= 0.3 is 0 Å². The Balaban J connectivity index is 2.01. The molecule has 20 heavy (non-hydrogen) atoms. The van der Waals surface area contributed by atoms with Gasteiger partial charge in [0.25, 0.3) is 0 Å². The summed E-state index contributed by atoms with van der Waals surface area (Å²) in [5.74, 6) is -0.459. The third kappa shape index (κ3) is 2.22. The van der Waals surface area contributed by atoms with Gasteiger partial charge in [-0.25, -0.2) is 13.8 Å². The Kier molecular flexibility index (Phi) is 3.10.